The van der Waals surface area contributed by atoms with Gasteiger partial charge in [-0.25, -0.2) is 0 Å². The molecule has 0 amide bonds. The lowest BCUT2D eigenvalue weighted by Gasteiger charge is -2.10. The maximum Gasteiger partial charge on any atom is 0.0585 e. The Labute approximate surface area is 130 Å². The molecule has 2 nitrogen and oxygen atoms in total. The van der Waals surface area contributed by atoms with Crippen LogP contribution in [0.15, 0.2) is 53.4 Å². The van der Waals surface area contributed by atoms with Crippen molar-refractivity contribution in [3.63, 3.8) is 0 Å². The third-order valence-electron chi connectivity index (χ3n) is 3.08. The van der Waals surface area contributed by atoms with Crippen LogP contribution in [0.4, 0.5) is 0 Å². The number of aliphatic hydroxyl groups excluding tert-OH is 1. The van der Waals surface area contributed by atoms with Gasteiger partial charge in [0.25, 0.3) is 0 Å². The fraction of sp³-hybridized carbons (Fsp3) is 0.250. The Bertz CT molecular complexity index is 530. The molecule has 0 fully saturated rings. The highest BCUT2D eigenvalue weighted by Gasteiger charge is 2.04. The van der Waals surface area contributed by atoms with Crippen molar-refractivity contribution in [3.8, 4) is 11.1 Å². The van der Waals surface area contributed by atoms with Gasteiger partial charge in [-0.3, -0.25) is 0 Å². The average molecular weight is 310 g/mol. The topological polar surface area (TPSA) is 46.2 Å². The molecule has 0 saturated carbocycles. The average Bonchev–Trinajstić information content (AvgIpc) is 2.47. The SMILES string of the molecule is CSc1ccc(-c2cccc(CC(N)CO)c2)cc1.Cl. The summed E-state index contributed by atoms with van der Waals surface area (Å²) in [6.45, 7) is 0.0205. The minimum atomic E-state index is -0.186. The second-order valence-electron chi connectivity index (χ2n) is 4.58. The maximum atomic E-state index is 9.01. The number of rotatable bonds is 5. The van der Waals surface area contributed by atoms with Crippen LogP contribution in [0.25, 0.3) is 11.1 Å². The van der Waals surface area contributed by atoms with E-state index in [0.717, 1.165) is 5.56 Å². The van der Waals surface area contributed by atoms with E-state index in [1.165, 1.54) is 16.0 Å². The molecule has 108 valence electrons. The first-order valence-corrected chi connectivity index (χ1v) is 7.55. The standard InChI is InChI=1S/C16H19NOS.ClH/c1-19-16-7-5-13(6-8-16)14-4-2-3-12(9-14)10-15(17)11-18;/h2-9,15,18H,10-11,17H2,1H3;1H. The summed E-state index contributed by atoms with van der Waals surface area (Å²) in [7, 11) is 0. The first-order chi connectivity index (χ1) is 9.22. The van der Waals surface area contributed by atoms with Crippen LogP contribution in [0.3, 0.4) is 0 Å². The lowest BCUT2D eigenvalue weighted by Crippen LogP contribution is -2.26. The number of hydrogen-bond acceptors (Lipinski definition) is 3. The number of thioether (sulfide) groups is 1. The Morgan fingerprint density at radius 3 is 2.40 bits per heavy atom. The summed E-state index contributed by atoms with van der Waals surface area (Å²) in [6, 6.07) is 16.7. The van der Waals surface area contributed by atoms with Crippen LogP contribution < -0.4 is 5.73 Å². The molecule has 0 bridgehead atoms. The summed E-state index contributed by atoms with van der Waals surface area (Å²) in [5, 5.41) is 9.01. The predicted octanol–water partition coefficient (Wildman–Crippen LogP) is 3.36. The molecule has 2 aromatic rings. The Kier molecular flexibility index (Phi) is 7.10. The summed E-state index contributed by atoms with van der Waals surface area (Å²) >= 11 is 1.74. The zero-order valence-corrected chi connectivity index (χ0v) is 13.1. The van der Waals surface area contributed by atoms with Crippen LogP contribution in [-0.4, -0.2) is 24.0 Å². The molecule has 1 unspecified atom stereocenters. The molecule has 0 spiro atoms. The molecular weight excluding hydrogens is 290 g/mol. The third-order valence-corrected chi connectivity index (χ3v) is 3.83. The second kappa shape index (κ2) is 8.32. The fourth-order valence-electron chi connectivity index (χ4n) is 2.03. The highest BCUT2D eigenvalue weighted by molar-refractivity contribution is 7.98. The summed E-state index contributed by atoms with van der Waals surface area (Å²) < 4.78 is 0. The van der Waals surface area contributed by atoms with E-state index in [4.69, 9.17) is 10.8 Å². The van der Waals surface area contributed by atoms with Crippen LogP contribution in [0, 0.1) is 0 Å². The molecule has 1 atom stereocenters. The van der Waals surface area contributed by atoms with Crippen LogP contribution in [-0.2, 0) is 6.42 Å². The molecule has 0 radical (unpaired) electrons. The molecule has 0 aliphatic rings. The number of halogens is 1. The minimum Gasteiger partial charge on any atom is -0.395 e. The van der Waals surface area contributed by atoms with Crippen LogP contribution in [0.1, 0.15) is 5.56 Å². The largest absolute Gasteiger partial charge is 0.395 e. The van der Waals surface area contributed by atoms with Gasteiger partial charge in [0.05, 0.1) is 6.61 Å². The molecule has 0 heterocycles. The summed E-state index contributed by atoms with van der Waals surface area (Å²) in [5.41, 5.74) is 9.33. The van der Waals surface area contributed by atoms with Gasteiger partial charge >= 0.3 is 0 Å². The van der Waals surface area contributed by atoms with E-state index in [1.54, 1.807) is 11.8 Å². The zero-order chi connectivity index (χ0) is 13.7. The Balaban J connectivity index is 0.00000200. The van der Waals surface area contributed by atoms with Crippen molar-refractivity contribution in [3.05, 3.63) is 54.1 Å². The predicted molar refractivity (Wildman–Crippen MR) is 89.7 cm³/mol. The summed E-state index contributed by atoms with van der Waals surface area (Å²) in [5.74, 6) is 0. The van der Waals surface area contributed by atoms with Gasteiger partial charge in [-0.05, 0) is 41.5 Å². The van der Waals surface area contributed by atoms with E-state index >= 15 is 0 Å². The molecule has 0 aliphatic carbocycles. The van der Waals surface area contributed by atoms with Crippen LogP contribution in [0.2, 0.25) is 0 Å². The van der Waals surface area contributed by atoms with Gasteiger partial charge in [0.2, 0.25) is 0 Å². The van der Waals surface area contributed by atoms with Crippen molar-refractivity contribution in [1.82, 2.24) is 0 Å². The number of benzene rings is 2. The van der Waals surface area contributed by atoms with Crippen molar-refractivity contribution in [2.24, 2.45) is 5.73 Å². The van der Waals surface area contributed by atoms with E-state index < -0.39 is 0 Å². The number of nitrogens with two attached hydrogens (primary N) is 1. The third kappa shape index (κ3) is 4.53. The minimum absolute atomic E-state index is 0. The van der Waals surface area contributed by atoms with Crippen LogP contribution >= 0.6 is 24.2 Å². The molecule has 2 aromatic carbocycles. The molecule has 20 heavy (non-hydrogen) atoms. The van der Waals surface area contributed by atoms with Gasteiger partial charge in [-0.15, -0.1) is 24.2 Å². The van der Waals surface area contributed by atoms with E-state index in [1.807, 2.05) is 6.07 Å². The fourth-order valence-corrected chi connectivity index (χ4v) is 2.44. The lowest BCUT2D eigenvalue weighted by molar-refractivity contribution is 0.265. The first-order valence-electron chi connectivity index (χ1n) is 6.32. The number of aliphatic hydroxyl groups is 1. The van der Waals surface area contributed by atoms with E-state index in [2.05, 4.69) is 48.7 Å². The highest BCUT2D eigenvalue weighted by Crippen LogP contribution is 2.24. The van der Waals surface area contributed by atoms with Gasteiger partial charge in [-0.2, -0.15) is 0 Å². The molecule has 0 aromatic heterocycles. The Hall–Kier alpha value is -1.00. The van der Waals surface area contributed by atoms with E-state index in [0.29, 0.717) is 6.42 Å². The molecule has 3 N–H and O–H groups in total. The molecule has 4 heteroatoms. The van der Waals surface area contributed by atoms with E-state index in [-0.39, 0.29) is 25.1 Å². The molecule has 0 aliphatic heterocycles. The van der Waals surface area contributed by atoms with Crippen molar-refractivity contribution < 1.29 is 5.11 Å². The summed E-state index contributed by atoms with van der Waals surface area (Å²) in [6.07, 6.45) is 2.78. The molecule has 2 rings (SSSR count). The molecule has 0 saturated heterocycles. The van der Waals surface area contributed by atoms with Crippen molar-refractivity contribution in [2.45, 2.75) is 17.4 Å². The monoisotopic (exact) mass is 309 g/mol. The Morgan fingerprint density at radius 2 is 1.80 bits per heavy atom. The smallest absolute Gasteiger partial charge is 0.0585 e. The highest BCUT2D eigenvalue weighted by atomic mass is 35.5. The van der Waals surface area contributed by atoms with Gasteiger partial charge in [0.1, 0.15) is 0 Å². The van der Waals surface area contributed by atoms with Crippen molar-refractivity contribution >= 4 is 24.2 Å². The van der Waals surface area contributed by atoms with Gasteiger partial charge in [0.15, 0.2) is 0 Å². The van der Waals surface area contributed by atoms with E-state index in [9.17, 15) is 0 Å². The second-order valence-corrected chi connectivity index (χ2v) is 5.46. The van der Waals surface area contributed by atoms with Crippen molar-refractivity contribution in [2.75, 3.05) is 12.9 Å². The Morgan fingerprint density at radius 1 is 1.10 bits per heavy atom. The van der Waals surface area contributed by atoms with Gasteiger partial charge < -0.3 is 10.8 Å². The summed E-state index contributed by atoms with van der Waals surface area (Å²) in [4.78, 5) is 1.27. The molecular formula is C16H20ClNOS. The zero-order valence-electron chi connectivity index (χ0n) is 11.5. The number of hydrogen-bond donors (Lipinski definition) is 2. The normalized spacial score (nSPS) is 11.8. The maximum absolute atomic E-state index is 9.01. The quantitative estimate of drug-likeness (QED) is 0.833. The lowest BCUT2D eigenvalue weighted by atomic mass is 10.00. The first kappa shape index (κ1) is 17.1. The van der Waals surface area contributed by atoms with Gasteiger partial charge in [-0.1, -0.05) is 36.4 Å². The van der Waals surface area contributed by atoms with Gasteiger partial charge in [0, 0.05) is 10.9 Å². The van der Waals surface area contributed by atoms with Crippen LogP contribution in [0.5, 0.6) is 0 Å². The van der Waals surface area contributed by atoms with Crippen molar-refractivity contribution in [1.29, 1.82) is 0 Å².